The number of benzene rings is 1. The van der Waals surface area contributed by atoms with Crippen LogP contribution in [0.4, 0.5) is 4.39 Å². The molecule has 0 spiro atoms. The molecule has 0 aliphatic heterocycles. The molecule has 14 heavy (non-hydrogen) atoms. The van der Waals surface area contributed by atoms with Gasteiger partial charge >= 0.3 is 0 Å². The van der Waals surface area contributed by atoms with Gasteiger partial charge in [-0.1, -0.05) is 31.8 Å². The third-order valence-electron chi connectivity index (χ3n) is 2.18. The standard InChI is InChI=1S/C11H17FOSi/c1-14(2,3)7-6-9-4-5-11(13)10(12)8-9/h4-5,8,13H,6-7H2,1-3H3. The molecule has 1 nitrogen and oxygen atoms in total. The third kappa shape index (κ3) is 3.50. The van der Waals surface area contributed by atoms with Gasteiger partial charge in [0.1, 0.15) is 0 Å². The summed E-state index contributed by atoms with van der Waals surface area (Å²) in [7, 11) is -1.06. The molecule has 0 fully saturated rings. The average Bonchev–Trinajstić information content (AvgIpc) is 2.06. The van der Waals surface area contributed by atoms with Crippen LogP contribution in [-0.2, 0) is 6.42 Å². The van der Waals surface area contributed by atoms with Crippen molar-refractivity contribution in [2.24, 2.45) is 0 Å². The van der Waals surface area contributed by atoms with Crippen LogP contribution in [-0.4, -0.2) is 13.2 Å². The van der Waals surface area contributed by atoms with Crippen molar-refractivity contribution in [2.75, 3.05) is 0 Å². The maximum absolute atomic E-state index is 13.0. The second kappa shape index (κ2) is 4.13. The van der Waals surface area contributed by atoms with Crippen molar-refractivity contribution in [3.63, 3.8) is 0 Å². The molecule has 0 atom stereocenters. The molecular formula is C11H17FOSi. The SMILES string of the molecule is C[Si](C)(C)CCc1ccc(O)c(F)c1. The van der Waals surface area contributed by atoms with Crippen molar-refractivity contribution >= 4 is 8.07 Å². The molecule has 0 radical (unpaired) electrons. The molecule has 1 rings (SSSR count). The van der Waals surface area contributed by atoms with E-state index in [4.69, 9.17) is 5.11 Å². The first-order valence-electron chi connectivity index (χ1n) is 4.86. The van der Waals surface area contributed by atoms with Crippen molar-refractivity contribution in [3.05, 3.63) is 29.6 Å². The van der Waals surface area contributed by atoms with Crippen LogP contribution in [0.25, 0.3) is 0 Å². The van der Waals surface area contributed by atoms with E-state index >= 15 is 0 Å². The predicted octanol–water partition coefficient (Wildman–Crippen LogP) is 3.41. The lowest BCUT2D eigenvalue weighted by Crippen LogP contribution is -2.19. The zero-order valence-electron chi connectivity index (χ0n) is 8.97. The molecule has 0 bridgehead atoms. The lowest BCUT2D eigenvalue weighted by atomic mass is 10.1. The van der Waals surface area contributed by atoms with Crippen LogP contribution < -0.4 is 0 Å². The summed E-state index contributed by atoms with van der Waals surface area (Å²) in [4.78, 5) is 0. The van der Waals surface area contributed by atoms with Gasteiger partial charge in [-0.25, -0.2) is 4.39 Å². The number of hydrogen-bond donors (Lipinski definition) is 1. The fourth-order valence-electron chi connectivity index (χ4n) is 1.23. The van der Waals surface area contributed by atoms with Gasteiger partial charge < -0.3 is 5.11 Å². The second-order valence-corrected chi connectivity index (χ2v) is 10.5. The Bertz CT molecular complexity index is 318. The number of rotatable bonds is 3. The van der Waals surface area contributed by atoms with E-state index in [-0.39, 0.29) is 5.75 Å². The van der Waals surface area contributed by atoms with Gasteiger partial charge in [-0.15, -0.1) is 0 Å². The first-order valence-corrected chi connectivity index (χ1v) is 8.56. The molecule has 1 aromatic carbocycles. The third-order valence-corrected chi connectivity index (χ3v) is 3.93. The smallest absolute Gasteiger partial charge is 0.165 e. The van der Waals surface area contributed by atoms with Gasteiger partial charge in [0.05, 0.1) is 0 Å². The number of aryl methyl sites for hydroxylation is 1. The molecule has 0 aliphatic carbocycles. The van der Waals surface area contributed by atoms with E-state index in [0.717, 1.165) is 18.0 Å². The van der Waals surface area contributed by atoms with E-state index in [9.17, 15) is 4.39 Å². The Morgan fingerprint density at radius 1 is 1.29 bits per heavy atom. The highest BCUT2D eigenvalue weighted by Gasteiger charge is 2.13. The lowest BCUT2D eigenvalue weighted by Gasteiger charge is -2.15. The first-order chi connectivity index (χ1) is 6.38. The minimum Gasteiger partial charge on any atom is -0.505 e. The van der Waals surface area contributed by atoms with Crippen LogP contribution in [0.5, 0.6) is 5.75 Å². The van der Waals surface area contributed by atoms with E-state index in [0.29, 0.717) is 0 Å². The van der Waals surface area contributed by atoms with Gasteiger partial charge in [0, 0.05) is 8.07 Å². The van der Waals surface area contributed by atoms with E-state index < -0.39 is 13.9 Å². The summed E-state index contributed by atoms with van der Waals surface area (Å²) in [5.41, 5.74) is 0.975. The highest BCUT2D eigenvalue weighted by Crippen LogP contribution is 2.19. The minimum absolute atomic E-state index is 0.262. The highest BCUT2D eigenvalue weighted by atomic mass is 28.3. The molecule has 1 aromatic rings. The molecule has 0 heterocycles. The summed E-state index contributed by atoms with van der Waals surface area (Å²) < 4.78 is 13.0. The summed E-state index contributed by atoms with van der Waals surface area (Å²) in [5, 5.41) is 9.01. The summed E-state index contributed by atoms with van der Waals surface area (Å²) in [5.74, 6) is -0.778. The largest absolute Gasteiger partial charge is 0.505 e. The van der Waals surface area contributed by atoms with Crippen LogP contribution in [0.3, 0.4) is 0 Å². The number of aromatic hydroxyl groups is 1. The molecule has 0 aliphatic rings. The van der Waals surface area contributed by atoms with Crippen molar-refractivity contribution < 1.29 is 9.50 Å². The minimum atomic E-state index is -1.06. The fourth-order valence-corrected chi connectivity index (χ4v) is 2.26. The molecule has 3 heteroatoms. The van der Waals surface area contributed by atoms with Crippen molar-refractivity contribution in [1.29, 1.82) is 0 Å². The number of phenols is 1. The Hall–Kier alpha value is -0.833. The maximum Gasteiger partial charge on any atom is 0.165 e. The normalized spacial score (nSPS) is 11.7. The summed E-state index contributed by atoms with van der Waals surface area (Å²) in [6.07, 6.45) is 0.910. The Morgan fingerprint density at radius 2 is 1.93 bits per heavy atom. The molecule has 0 saturated carbocycles. The topological polar surface area (TPSA) is 20.2 Å². The predicted molar refractivity (Wildman–Crippen MR) is 59.9 cm³/mol. The van der Waals surface area contributed by atoms with Crippen LogP contribution in [0.2, 0.25) is 25.7 Å². The zero-order valence-corrected chi connectivity index (χ0v) is 9.97. The average molecular weight is 212 g/mol. The number of hydrogen-bond acceptors (Lipinski definition) is 1. The number of phenolic OH excluding ortho intramolecular Hbond substituents is 1. The highest BCUT2D eigenvalue weighted by molar-refractivity contribution is 6.76. The molecule has 0 aromatic heterocycles. The van der Waals surface area contributed by atoms with Crippen LogP contribution in [0.1, 0.15) is 5.56 Å². The molecule has 1 N–H and O–H groups in total. The van der Waals surface area contributed by atoms with Crippen LogP contribution in [0.15, 0.2) is 18.2 Å². The molecule has 0 amide bonds. The summed E-state index contributed by atoms with van der Waals surface area (Å²) in [6.45, 7) is 6.89. The molecular weight excluding hydrogens is 195 g/mol. The number of halogens is 1. The molecule has 0 saturated heterocycles. The van der Waals surface area contributed by atoms with Gasteiger partial charge in [0.25, 0.3) is 0 Å². The zero-order chi connectivity index (χ0) is 10.8. The first kappa shape index (κ1) is 11.2. The van der Waals surface area contributed by atoms with Gasteiger partial charge in [0.15, 0.2) is 11.6 Å². The molecule has 0 unspecified atom stereocenters. The quantitative estimate of drug-likeness (QED) is 0.761. The monoisotopic (exact) mass is 212 g/mol. The van der Waals surface area contributed by atoms with Crippen molar-refractivity contribution in [1.82, 2.24) is 0 Å². The van der Waals surface area contributed by atoms with E-state index in [1.54, 1.807) is 6.07 Å². The van der Waals surface area contributed by atoms with Crippen LogP contribution in [0, 0.1) is 5.82 Å². The van der Waals surface area contributed by atoms with Gasteiger partial charge in [-0.2, -0.15) is 0 Å². The Balaban J connectivity index is 2.65. The summed E-state index contributed by atoms with van der Waals surface area (Å²) in [6, 6.07) is 5.79. The molecule has 78 valence electrons. The lowest BCUT2D eigenvalue weighted by molar-refractivity contribution is 0.432. The van der Waals surface area contributed by atoms with Gasteiger partial charge in [-0.3, -0.25) is 0 Å². The van der Waals surface area contributed by atoms with Gasteiger partial charge in [0.2, 0.25) is 0 Å². The van der Waals surface area contributed by atoms with E-state index in [1.807, 2.05) is 0 Å². The Morgan fingerprint density at radius 3 is 2.43 bits per heavy atom. The van der Waals surface area contributed by atoms with E-state index in [1.165, 1.54) is 12.1 Å². The fraction of sp³-hybridized carbons (Fsp3) is 0.455. The van der Waals surface area contributed by atoms with Crippen LogP contribution >= 0.6 is 0 Å². The van der Waals surface area contributed by atoms with Crippen molar-refractivity contribution in [2.45, 2.75) is 32.1 Å². The Labute approximate surface area is 85.6 Å². The Kier molecular flexibility index (Phi) is 3.32. The maximum atomic E-state index is 13.0. The summed E-state index contributed by atoms with van der Waals surface area (Å²) >= 11 is 0. The van der Waals surface area contributed by atoms with E-state index in [2.05, 4.69) is 19.6 Å². The van der Waals surface area contributed by atoms with Crippen molar-refractivity contribution in [3.8, 4) is 5.75 Å². The second-order valence-electron chi connectivity index (χ2n) is 4.85. The van der Waals surface area contributed by atoms with Gasteiger partial charge in [-0.05, 0) is 24.1 Å².